The molecule has 0 amide bonds. The molecule has 2 atom stereocenters. The van der Waals surface area contributed by atoms with E-state index in [2.05, 4.69) is 11.8 Å². The summed E-state index contributed by atoms with van der Waals surface area (Å²) in [6.45, 7) is 4.19. The van der Waals surface area contributed by atoms with Gasteiger partial charge in [0.25, 0.3) is 0 Å². The van der Waals surface area contributed by atoms with E-state index in [0.29, 0.717) is 0 Å². The molecule has 2 heteroatoms. The molecule has 11 heavy (non-hydrogen) atoms. The molecule has 0 bridgehead atoms. The molecule has 1 heterocycles. The predicted molar refractivity (Wildman–Crippen MR) is 43.0 cm³/mol. The van der Waals surface area contributed by atoms with E-state index in [1.165, 1.54) is 0 Å². The van der Waals surface area contributed by atoms with Gasteiger partial charge in [0.2, 0.25) is 0 Å². The van der Waals surface area contributed by atoms with Crippen molar-refractivity contribution >= 4 is 0 Å². The second kappa shape index (κ2) is 3.25. The van der Waals surface area contributed by atoms with E-state index in [1.54, 1.807) is 13.8 Å². The molecule has 62 valence electrons. The molecule has 2 unspecified atom stereocenters. The lowest BCUT2D eigenvalue weighted by atomic mass is 9.98. The Hall–Kier alpha value is -0.520. The van der Waals surface area contributed by atoms with Gasteiger partial charge in [0, 0.05) is 6.61 Å². The summed E-state index contributed by atoms with van der Waals surface area (Å²) < 4.78 is 5.32. The molecule has 1 rings (SSSR count). The molecular formula is C9H14O2. The zero-order chi connectivity index (χ0) is 8.32. The first-order chi connectivity index (χ1) is 5.17. The van der Waals surface area contributed by atoms with Gasteiger partial charge in [0.15, 0.2) is 0 Å². The molecular weight excluding hydrogens is 140 g/mol. The molecule has 0 aliphatic carbocycles. The fraction of sp³-hybridized carbons (Fsp3) is 0.778. The smallest absolute Gasteiger partial charge is 0.148 e. The molecule has 1 aliphatic heterocycles. The maximum atomic E-state index is 9.72. The maximum absolute atomic E-state index is 9.72. The molecule has 0 aromatic carbocycles. The lowest BCUT2D eigenvalue weighted by Crippen LogP contribution is -2.37. The molecule has 1 N–H and O–H groups in total. The highest BCUT2D eigenvalue weighted by atomic mass is 16.5. The van der Waals surface area contributed by atoms with Gasteiger partial charge in [-0.05, 0) is 26.7 Å². The first-order valence-corrected chi connectivity index (χ1v) is 3.94. The Kier molecular flexibility index (Phi) is 2.53. The summed E-state index contributed by atoms with van der Waals surface area (Å²) in [6, 6.07) is 0. The van der Waals surface area contributed by atoms with Crippen molar-refractivity contribution in [2.45, 2.75) is 38.4 Å². The van der Waals surface area contributed by atoms with Crippen molar-refractivity contribution in [3.8, 4) is 11.8 Å². The predicted octanol–water partition coefficient (Wildman–Crippen LogP) is 0.940. The fourth-order valence-corrected chi connectivity index (χ4v) is 1.35. The summed E-state index contributed by atoms with van der Waals surface area (Å²) >= 11 is 0. The Balaban J connectivity index is 2.60. The van der Waals surface area contributed by atoms with Gasteiger partial charge in [-0.1, -0.05) is 5.92 Å². The number of aliphatic hydroxyl groups is 1. The van der Waals surface area contributed by atoms with Gasteiger partial charge in [-0.2, -0.15) is 0 Å². The molecule has 2 nitrogen and oxygen atoms in total. The van der Waals surface area contributed by atoms with E-state index < -0.39 is 5.60 Å². The van der Waals surface area contributed by atoms with E-state index in [-0.39, 0.29) is 6.10 Å². The van der Waals surface area contributed by atoms with Crippen molar-refractivity contribution in [1.29, 1.82) is 0 Å². The molecule has 0 aromatic heterocycles. The summed E-state index contributed by atoms with van der Waals surface area (Å²) in [5, 5.41) is 9.72. The van der Waals surface area contributed by atoms with Gasteiger partial charge in [0.05, 0.1) is 6.10 Å². The van der Waals surface area contributed by atoms with Gasteiger partial charge < -0.3 is 9.84 Å². The Bertz CT molecular complexity index is 179. The number of hydrogen-bond acceptors (Lipinski definition) is 2. The summed E-state index contributed by atoms with van der Waals surface area (Å²) in [4.78, 5) is 0. The van der Waals surface area contributed by atoms with E-state index in [0.717, 1.165) is 19.4 Å². The van der Waals surface area contributed by atoms with Crippen LogP contribution in [-0.2, 0) is 4.74 Å². The maximum Gasteiger partial charge on any atom is 0.148 e. The molecule has 1 aliphatic rings. The topological polar surface area (TPSA) is 29.5 Å². The lowest BCUT2D eigenvalue weighted by molar-refractivity contribution is -0.0344. The summed E-state index contributed by atoms with van der Waals surface area (Å²) in [7, 11) is 0. The lowest BCUT2D eigenvalue weighted by Gasteiger charge is -2.23. The minimum atomic E-state index is -0.953. The third-order valence-corrected chi connectivity index (χ3v) is 1.93. The molecule has 0 spiro atoms. The molecule has 0 aromatic rings. The third kappa shape index (κ3) is 1.95. The number of rotatable bonds is 1. The van der Waals surface area contributed by atoms with Crippen molar-refractivity contribution in [2.24, 2.45) is 0 Å². The first kappa shape index (κ1) is 8.58. The van der Waals surface area contributed by atoms with Crippen molar-refractivity contribution in [3.63, 3.8) is 0 Å². The van der Waals surface area contributed by atoms with Crippen LogP contribution in [0.4, 0.5) is 0 Å². The van der Waals surface area contributed by atoms with Crippen LogP contribution in [0.15, 0.2) is 0 Å². The van der Waals surface area contributed by atoms with Gasteiger partial charge in [-0.25, -0.2) is 0 Å². The molecule has 1 saturated heterocycles. The van der Waals surface area contributed by atoms with Gasteiger partial charge in [0.1, 0.15) is 5.60 Å². The van der Waals surface area contributed by atoms with E-state index >= 15 is 0 Å². The first-order valence-electron chi connectivity index (χ1n) is 3.94. The monoisotopic (exact) mass is 154 g/mol. The summed E-state index contributed by atoms with van der Waals surface area (Å²) in [5.74, 6) is 5.45. The Morgan fingerprint density at radius 1 is 1.64 bits per heavy atom. The van der Waals surface area contributed by atoms with Crippen LogP contribution in [0, 0.1) is 11.8 Å². The summed E-state index contributed by atoms with van der Waals surface area (Å²) in [6.07, 6.45) is 1.86. The standard InChI is InChI=1S/C9H14O2/c1-3-6-9(2,10)8-5-4-7-11-8/h8,10H,4-5,7H2,1-2H3. The average Bonchev–Trinajstić information content (AvgIpc) is 2.37. The second-order valence-corrected chi connectivity index (χ2v) is 3.02. The minimum Gasteiger partial charge on any atom is -0.375 e. The molecule has 0 radical (unpaired) electrons. The van der Waals surface area contributed by atoms with Gasteiger partial charge in [-0.15, -0.1) is 5.92 Å². The quantitative estimate of drug-likeness (QED) is 0.569. The van der Waals surface area contributed by atoms with Crippen LogP contribution in [0.5, 0.6) is 0 Å². The van der Waals surface area contributed by atoms with Crippen LogP contribution in [0.25, 0.3) is 0 Å². The van der Waals surface area contributed by atoms with Crippen molar-refractivity contribution in [3.05, 3.63) is 0 Å². The van der Waals surface area contributed by atoms with Crippen LogP contribution in [0.2, 0.25) is 0 Å². The van der Waals surface area contributed by atoms with Crippen LogP contribution in [0.1, 0.15) is 26.7 Å². The van der Waals surface area contributed by atoms with Gasteiger partial charge >= 0.3 is 0 Å². The van der Waals surface area contributed by atoms with Crippen LogP contribution in [-0.4, -0.2) is 23.4 Å². The Morgan fingerprint density at radius 2 is 2.36 bits per heavy atom. The number of ether oxygens (including phenoxy) is 1. The highest BCUT2D eigenvalue weighted by Gasteiger charge is 2.33. The van der Waals surface area contributed by atoms with Crippen molar-refractivity contribution < 1.29 is 9.84 Å². The molecule has 0 saturated carbocycles. The second-order valence-electron chi connectivity index (χ2n) is 3.02. The van der Waals surface area contributed by atoms with Crippen LogP contribution in [0.3, 0.4) is 0 Å². The van der Waals surface area contributed by atoms with Gasteiger partial charge in [-0.3, -0.25) is 0 Å². The zero-order valence-corrected chi connectivity index (χ0v) is 7.05. The zero-order valence-electron chi connectivity index (χ0n) is 7.05. The summed E-state index contributed by atoms with van der Waals surface area (Å²) in [5.41, 5.74) is -0.953. The van der Waals surface area contributed by atoms with Crippen molar-refractivity contribution in [2.75, 3.05) is 6.61 Å². The largest absolute Gasteiger partial charge is 0.375 e. The molecule has 1 fully saturated rings. The van der Waals surface area contributed by atoms with Crippen LogP contribution >= 0.6 is 0 Å². The Morgan fingerprint density at radius 3 is 2.82 bits per heavy atom. The highest BCUT2D eigenvalue weighted by molar-refractivity contribution is 5.14. The normalized spacial score (nSPS) is 28.8. The van der Waals surface area contributed by atoms with E-state index in [4.69, 9.17) is 4.74 Å². The average molecular weight is 154 g/mol. The van der Waals surface area contributed by atoms with E-state index in [9.17, 15) is 5.11 Å². The SMILES string of the molecule is CC#CC(C)(O)C1CCCO1. The fourth-order valence-electron chi connectivity index (χ4n) is 1.35. The van der Waals surface area contributed by atoms with E-state index in [1.807, 2.05) is 0 Å². The third-order valence-electron chi connectivity index (χ3n) is 1.93. The highest BCUT2D eigenvalue weighted by Crippen LogP contribution is 2.22. The van der Waals surface area contributed by atoms with Crippen molar-refractivity contribution in [1.82, 2.24) is 0 Å². The number of hydrogen-bond donors (Lipinski definition) is 1. The Labute approximate surface area is 67.6 Å². The minimum absolute atomic E-state index is 0.0880. The van der Waals surface area contributed by atoms with Crippen LogP contribution < -0.4 is 0 Å².